The third-order valence-corrected chi connectivity index (χ3v) is 4.03. The van der Waals surface area contributed by atoms with Crippen molar-refractivity contribution >= 4 is 5.69 Å². The van der Waals surface area contributed by atoms with Gasteiger partial charge in [0.25, 0.3) is 5.69 Å². The zero-order valence-corrected chi connectivity index (χ0v) is 13.9. The largest absolute Gasteiger partial charge is 0.419 e. The van der Waals surface area contributed by atoms with Gasteiger partial charge in [0.1, 0.15) is 0 Å². The minimum absolute atomic E-state index is 0.0226. The lowest BCUT2D eigenvalue weighted by Gasteiger charge is -2.23. The van der Waals surface area contributed by atoms with Gasteiger partial charge in [0.15, 0.2) is 0 Å². The second-order valence-corrected chi connectivity index (χ2v) is 5.68. The van der Waals surface area contributed by atoms with Gasteiger partial charge in [0.05, 0.1) is 11.5 Å². The molecule has 2 aromatic heterocycles. The Morgan fingerprint density at radius 2 is 1.84 bits per heavy atom. The van der Waals surface area contributed by atoms with Crippen molar-refractivity contribution in [2.45, 2.75) is 19.5 Å². The standard InChI is InChI=1S/C17H17N5O3/c1-12(13-7-9-18-10-8-13)21(2)11-16-19-20-17(25-16)14-3-5-15(6-4-14)22(23)24/h3-10,12H,11H2,1-2H3/t12-/m1/s1. The molecule has 8 nitrogen and oxygen atoms in total. The number of nitro benzene ring substituents is 1. The van der Waals surface area contributed by atoms with Gasteiger partial charge in [-0.2, -0.15) is 0 Å². The molecule has 1 atom stereocenters. The normalized spacial score (nSPS) is 12.3. The zero-order chi connectivity index (χ0) is 17.8. The van der Waals surface area contributed by atoms with Crippen LogP contribution in [0.4, 0.5) is 5.69 Å². The summed E-state index contributed by atoms with van der Waals surface area (Å²) < 4.78 is 5.68. The van der Waals surface area contributed by atoms with Crippen LogP contribution < -0.4 is 0 Å². The Hall–Kier alpha value is -3.13. The first-order valence-corrected chi connectivity index (χ1v) is 7.72. The maximum Gasteiger partial charge on any atom is 0.269 e. The van der Waals surface area contributed by atoms with Gasteiger partial charge < -0.3 is 4.42 Å². The number of hydrogen-bond donors (Lipinski definition) is 0. The van der Waals surface area contributed by atoms with E-state index in [9.17, 15) is 10.1 Å². The van der Waals surface area contributed by atoms with Crippen molar-refractivity contribution in [1.29, 1.82) is 0 Å². The minimum atomic E-state index is -0.446. The van der Waals surface area contributed by atoms with E-state index in [0.717, 1.165) is 5.56 Å². The fourth-order valence-corrected chi connectivity index (χ4v) is 2.41. The van der Waals surface area contributed by atoms with Crippen LogP contribution in [0.15, 0.2) is 53.2 Å². The van der Waals surface area contributed by atoms with Crippen LogP contribution in [0.5, 0.6) is 0 Å². The summed E-state index contributed by atoms with van der Waals surface area (Å²) in [7, 11) is 1.97. The molecule has 0 aliphatic heterocycles. The molecular formula is C17H17N5O3. The van der Waals surface area contributed by atoms with Crippen molar-refractivity contribution in [2.24, 2.45) is 0 Å². The molecule has 0 saturated carbocycles. The number of rotatable bonds is 6. The number of nitro groups is 1. The number of non-ortho nitro benzene ring substituents is 1. The molecule has 0 radical (unpaired) electrons. The third kappa shape index (κ3) is 3.86. The molecule has 0 spiro atoms. The van der Waals surface area contributed by atoms with E-state index in [-0.39, 0.29) is 11.7 Å². The highest BCUT2D eigenvalue weighted by Gasteiger charge is 2.16. The summed E-state index contributed by atoms with van der Waals surface area (Å²) >= 11 is 0. The van der Waals surface area contributed by atoms with Gasteiger partial charge in [-0.15, -0.1) is 10.2 Å². The Balaban J connectivity index is 1.70. The van der Waals surface area contributed by atoms with E-state index in [1.165, 1.54) is 12.1 Å². The van der Waals surface area contributed by atoms with Gasteiger partial charge in [-0.25, -0.2) is 0 Å². The summed E-state index contributed by atoms with van der Waals surface area (Å²) in [5, 5.41) is 18.8. The molecule has 8 heteroatoms. The molecule has 0 aliphatic rings. The third-order valence-electron chi connectivity index (χ3n) is 4.03. The lowest BCUT2D eigenvalue weighted by molar-refractivity contribution is -0.384. The summed E-state index contributed by atoms with van der Waals surface area (Å²) in [5.74, 6) is 0.826. The molecule has 0 amide bonds. The molecule has 3 rings (SSSR count). The Bertz CT molecular complexity index is 848. The Morgan fingerprint density at radius 3 is 2.48 bits per heavy atom. The molecular weight excluding hydrogens is 322 g/mol. The van der Waals surface area contributed by atoms with Gasteiger partial charge in [0.2, 0.25) is 11.8 Å². The topological polar surface area (TPSA) is 98.2 Å². The lowest BCUT2D eigenvalue weighted by Crippen LogP contribution is -2.22. The van der Waals surface area contributed by atoms with Crippen molar-refractivity contribution in [2.75, 3.05) is 7.05 Å². The van der Waals surface area contributed by atoms with E-state index in [1.54, 1.807) is 24.5 Å². The predicted octanol–water partition coefficient (Wildman–Crippen LogP) is 3.23. The van der Waals surface area contributed by atoms with E-state index in [0.29, 0.717) is 23.9 Å². The number of benzene rings is 1. The van der Waals surface area contributed by atoms with Gasteiger partial charge in [-0.1, -0.05) is 0 Å². The maximum atomic E-state index is 10.7. The second kappa shape index (κ2) is 7.18. The molecule has 0 N–H and O–H groups in total. The zero-order valence-electron chi connectivity index (χ0n) is 13.9. The maximum absolute atomic E-state index is 10.7. The quantitative estimate of drug-likeness (QED) is 0.502. The van der Waals surface area contributed by atoms with Crippen molar-refractivity contribution in [3.05, 3.63) is 70.4 Å². The van der Waals surface area contributed by atoms with Crippen molar-refractivity contribution in [1.82, 2.24) is 20.1 Å². The molecule has 0 bridgehead atoms. The second-order valence-electron chi connectivity index (χ2n) is 5.68. The number of hydrogen-bond acceptors (Lipinski definition) is 7. The van der Waals surface area contributed by atoms with Gasteiger partial charge >= 0.3 is 0 Å². The molecule has 0 saturated heterocycles. The van der Waals surface area contributed by atoms with E-state index in [2.05, 4.69) is 27.0 Å². The summed E-state index contributed by atoms with van der Waals surface area (Å²) in [6.45, 7) is 2.58. The van der Waals surface area contributed by atoms with E-state index >= 15 is 0 Å². The smallest absolute Gasteiger partial charge is 0.269 e. The molecule has 25 heavy (non-hydrogen) atoms. The molecule has 2 heterocycles. The first-order valence-electron chi connectivity index (χ1n) is 7.72. The average molecular weight is 339 g/mol. The SMILES string of the molecule is C[C@H](c1ccncc1)N(C)Cc1nnc(-c2ccc([N+](=O)[O-])cc2)o1. The van der Waals surface area contributed by atoms with Crippen LogP contribution in [0, 0.1) is 10.1 Å². The van der Waals surface area contributed by atoms with Gasteiger partial charge in [-0.3, -0.25) is 20.0 Å². The number of nitrogens with zero attached hydrogens (tertiary/aromatic N) is 5. The van der Waals surface area contributed by atoms with Crippen LogP contribution in [0.25, 0.3) is 11.5 Å². The van der Waals surface area contributed by atoms with E-state index in [4.69, 9.17) is 4.42 Å². The summed E-state index contributed by atoms with van der Waals surface area (Å²) in [5.41, 5.74) is 1.82. The first-order chi connectivity index (χ1) is 12.0. The van der Waals surface area contributed by atoms with Gasteiger partial charge in [-0.05, 0) is 43.8 Å². The Labute approximate surface area is 144 Å². The highest BCUT2D eigenvalue weighted by atomic mass is 16.6. The Morgan fingerprint density at radius 1 is 1.16 bits per heavy atom. The summed E-state index contributed by atoms with van der Waals surface area (Å²) in [6, 6.07) is 10.1. The van der Waals surface area contributed by atoms with Crippen LogP contribution >= 0.6 is 0 Å². The van der Waals surface area contributed by atoms with Crippen LogP contribution in [-0.2, 0) is 6.54 Å². The molecule has 3 aromatic rings. The lowest BCUT2D eigenvalue weighted by atomic mass is 10.1. The fourth-order valence-electron chi connectivity index (χ4n) is 2.41. The highest BCUT2D eigenvalue weighted by molar-refractivity contribution is 5.55. The number of pyridine rings is 1. The van der Waals surface area contributed by atoms with Crippen LogP contribution in [0.2, 0.25) is 0 Å². The molecule has 0 aliphatic carbocycles. The first kappa shape index (κ1) is 16.7. The number of aromatic nitrogens is 3. The predicted molar refractivity (Wildman–Crippen MR) is 90.5 cm³/mol. The summed E-state index contributed by atoms with van der Waals surface area (Å²) in [6.07, 6.45) is 3.53. The van der Waals surface area contributed by atoms with Crippen LogP contribution in [-0.4, -0.2) is 32.1 Å². The molecule has 1 aromatic carbocycles. The van der Waals surface area contributed by atoms with Crippen molar-refractivity contribution in [3.63, 3.8) is 0 Å². The fraction of sp³-hybridized carbons (Fsp3) is 0.235. The molecule has 128 valence electrons. The van der Waals surface area contributed by atoms with Crippen molar-refractivity contribution in [3.8, 4) is 11.5 Å². The molecule has 0 unspecified atom stereocenters. The average Bonchev–Trinajstić information content (AvgIpc) is 3.10. The van der Waals surface area contributed by atoms with Crippen LogP contribution in [0.3, 0.4) is 0 Å². The highest BCUT2D eigenvalue weighted by Crippen LogP contribution is 2.23. The van der Waals surface area contributed by atoms with E-state index < -0.39 is 4.92 Å². The van der Waals surface area contributed by atoms with Gasteiger partial charge in [0, 0.05) is 36.1 Å². The van der Waals surface area contributed by atoms with Crippen LogP contribution in [0.1, 0.15) is 24.4 Å². The van der Waals surface area contributed by atoms with E-state index in [1.807, 2.05) is 19.2 Å². The Kier molecular flexibility index (Phi) is 4.80. The summed E-state index contributed by atoms with van der Waals surface area (Å²) in [4.78, 5) is 16.4. The minimum Gasteiger partial charge on any atom is -0.419 e. The van der Waals surface area contributed by atoms with Crippen molar-refractivity contribution < 1.29 is 9.34 Å². The molecule has 0 fully saturated rings. The monoisotopic (exact) mass is 339 g/mol.